The lowest BCUT2D eigenvalue weighted by Crippen LogP contribution is -2.42. The molecule has 148 valence electrons. The van der Waals surface area contributed by atoms with Crippen LogP contribution in [0.3, 0.4) is 0 Å². The number of hydrogen-bond acceptors (Lipinski definition) is 8. The minimum atomic E-state index is -0.765. The number of hydrogen-bond donors (Lipinski definition) is 4. The van der Waals surface area contributed by atoms with Gasteiger partial charge in [0.05, 0.1) is 12.7 Å². The number of methoxy groups -OCH3 is 1. The maximum absolute atomic E-state index is 12.4. The van der Waals surface area contributed by atoms with Gasteiger partial charge in [-0.3, -0.25) is 9.78 Å². The molecule has 0 fully saturated rings. The molecular formula is C19H24N6O3. The molecule has 2 aromatic rings. The third-order valence-electron chi connectivity index (χ3n) is 3.98. The summed E-state index contributed by atoms with van der Waals surface area (Å²) in [7, 11) is 1.28. The van der Waals surface area contributed by atoms with Crippen LogP contribution in [0.25, 0.3) is 5.70 Å². The van der Waals surface area contributed by atoms with Gasteiger partial charge in [0.1, 0.15) is 11.9 Å². The van der Waals surface area contributed by atoms with Crippen LogP contribution in [0.15, 0.2) is 49.4 Å². The van der Waals surface area contributed by atoms with Gasteiger partial charge < -0.3 is 20.8 Å². The van der Waals surface area contributed by atoms with Gasteiger partial charge in [0.2, 0.25) is 0 Å². The number of amides is 1. The quantitative estimate of drug-likeness (QED) is 0.207. The molecule has 2 heterocycles. The van der Waals surface area contributed by atoms with Crippen LogP contribution in [0.5, 0.6) is 0 Å². The normalized spacial score (nSPS) is 11.2. The summed E-state index contributed by atoms with van der Waals surface area (Å²) in [5.74, 6) is 4.76. The molecule has 1 amide bonds. The van der Waals surface area contributed by atoms with Crippen molar-refractivity contribution in [3.63, 3.8) is 0 Å². The van der Waals surface area contributed by atoms with Crippen LogP contribution >= 0.6 is 0 Å². The van der Waals surface area contributed by atoms with Crippen molar-refractivity contribution in [2.24, 2.45) is 5.84 Å². The Morgan fingerprint density at radius 3 is 2.68 bits per heavy atom. The maximum atomic E-state index is 12.4. The fraction of sp³-hybridized carbons (Fsp3) is 0.263. The number of nitrogens with two attached hydrogens (primary N) is 1. The minimum Gasteiger partial charge on any atom is -0.467 e. The Bertz CT molecular complexity index is 795. The van der Waals surface area contributed by atoms with Crippen LogP contribution in [-0.2, 0) is 9.53 Å². The molecule has 0 bridgehead atoms. The molecule has 0 aliphatic carbocycles. The predicted octanol–water partition coefficient (Wildman–Crippen LogP) is 1.07. The summed E-state index contributed by atoms with van der Waals surface area (Å²) >= 11 is 0. The SMILES string of the molecule is C=C(NCCCC(NC(=O)c1ccc(NN)nc1)C(=O)OC)c1cccnc1. The number of carbonyl (C=O) groups is 2. The summed E-state index contributed by atoms with van der Waals surface area (Å²) < 4.78 is 4.79. The summed E-state index contributed by atoms with van der Waals surface area (Å²) in [6.45, 7) is 4.54. The smallest absolute Gasteiger partial charge is 0.328 e. The highest BCUT2D eigenvalue weighted by atomic mass is 16.5. The molecule has 0 saturated carbocycles. The monoisotopic (exact) mass is 384 g/mol. The summed E-state index contributed by atoms with van der Waals surface area (Å²) in [5.41, 5.74) is 4.33. The van der Waals surface area contributed by atoms with E-state index in [9.17, 15) is 9.59 Å². The molecule has 2 aromatic heterocycles. The first-order chi connectivity index (χ1) is 13.5. The zero-order valence-electron chi connectivity index (χ0n) is 15.6. The first kappa shape index (κ1) is 20.8. The Labute approximate surface area is 163 Å². The Balaban J connectivity index is 1.86. The lowest BCUT2D eigenvalue weighted by Gasteiger charge is -2.17. The van der Waals surface area contributed by atoms with Gasteiger partial charge in [0.15, 0.2) is 0 Å². The van der Waals surface area contributed by atoms with Crippen LogP contribution in [0.2, 0.25) is 0 Å². The highest BCUT2D eigenvalue weighted by Gasteiger charge is 2.22. The first-order valence-corrected chi connectivity index (χ1v) is 8.69. The number of rotatable bonds is 10. The van der Waals surface area contributed by atoms with Gasteiger partial charge in [0, 0.05) is 36.4 Å². The fourth-order valence-corrected chi connectivity index (χ4v) is 2.44. The lowest BCUT2D eigenvalue weighted by atomic mass is 10.1. The van der Waals surface area contributed by atoms with Crippen molar-refractivity contribution in [2.45, 2.75) is 18.9 Å². The molecule has 2 rings (SSSR count). The summed E-state index contributed by atoms with van der Waals surface area (Å²) in [5, 5.41) is 5.86. The number of esters is 1. The van der Waals surface area contributed by atoms with Crippen LogP contribution in [0.4, 0.5) is 5.82 Å². The molecule has 28 heavy (non-hydrogen) atoms. The van der Waals surface area contributed by atoms with Crippen LogP contribution < -0.4 is 21.9 Å². The zero-order valence-corrected chi connectivity index (χ0v) is 15.6. The number of ether oxygens (including phenoxy) is 1. The van der Waals surface area contributed by atoms with Gasteiger partial charge in [-0.15, -0.1) is 0 Å². The van der Waals surface area contributed by atoms with Crippen LogP contribution in [0, 0.1) is 0 Å². The second-order valence-electron chi connectivity index (χ2n) is 5.91. The highest BCUT2D eigenvalue weighted by molar-refractivity contribution is 5.96. The van der Waals surface area contributed by atoms with E-state index in [4.69, 9.17) is 10.6 Å². The number of anilines is 1. The van der Waals surface area contributed by atoms with E-state index in [1.165, 1.54) is 13.3 Å². The molecule has 1 atom stereocenters. The van der Waals surface area contributed by atoms with E-state index in [0.29, 0.717) is 30.8 Å². The standard InChI is InChI=1S/C19H24N6O3/c1-13(14-5-3-9-21-11-14)22-10-4-6-16(19(27)28-2)24-18(26)15-7-8-17(25-20)23-12-15/h3,5,7-9,11-12,16,22H,1,4,6,10,20H2,2H3,(H,23,25)(H,24,26). The van der Waals surface area contributed by atoms with Gasteiger partial charge in [-0.2, -0.15) is 0 Å². The molecule has 0 aliphatic heterocycles. The number of hydrazine groups is 1. The predicted molar refractivity (Wildman–Crippen MR) is 106 cm³/mol. The topological polar surface area (TPSA) is 131 Å². The van der Waals surface area contributed by atoms with Gasteiger partial charge in [-0.05, 0) is 37.1 Å². The Hall–Kier alpha value is -3.46. The van der Waals surface area contributed by atoms with E-state index in [0.717, 1.165) is 11.3 Å². The average molecular weight is 384 g/mol. The Morgan fingerprint density at radius 2 is 2.07 bits per heavy atom. The molecule has 0 aliphatic rings. The van der Waals surface area contributed by atoms with E-state index >= 15 is 0 Å². The number of carbonyl (C=O) groups excluding carboxylic acids is 2. The maximum Gasteiger partial charge on any atom is 0.328 e. The van der Waals surface area contributed by atoms with Crippen molar-refractivity contribution in [1.29, 1.82) is 0 Å². The van der Waals surface area contributed by atoms with E-state index in [1.807, 2.05) is 12.1 Å². The Kier molecular flexibility index (Phi) is 7.92. The second-order valence-corrected chi connectivity index (χ2v) is 5.91. The summed E-state index contributed by atoms with van der Waals surface area (Å²) in [6, 6.07) is 6.09. The van der Waals surface area contributed by atoms with Gasteiger partial charge in [-0.1, -0.05) is 6.58 Å². The molecule has 0 aromatic carbocycles. The van der Waals surface area contributed by atoms with Crippen LogP contribution in [0.1, 0.15) is 28.8 Å². The third-order valence-corrected chi connectivity index (χ3v) is 3.98. The third kappa shape index (κ3) is 6.06. The van der Waals surface area contributed by atoms with Gasteiger partial charge in [0.25, 0.3) is 5.91 Å². The van der Waals surface area contributed by atoms with Crippen molar-refractivity contribution in [1.82, 2.24) is 20.6 Å². The molecular weight excluding hydrogens is 360 g/mol. The van der Waals surface area contributed by atoms with E-state index in [2.05, 4.69) is 32.6 Å². The largest absolute Gasteiger partial charge is 0.467 e. The van der Waals surface area contributed by atoms with E-state index in [1.54, 1.807) is 24.5 Å². The fourth-order valence-electron chi connectivity index (χ4n) is 2.44. The molecule has 5 N–H and O–H groups in total. The van der Waals surface area contributed by atoms with E-state index < -0.39 is 17.9 Å². The summed E-state index contributed by atoms with van der Waals surface area (Å²) in [6.07, 6.45) is 5.80. The number of nitrogens with zero attached hydrogens (tertiary/aromatic N) is 2. The van der Waals surface area contributed by atoms with Crippen LogP contribution in [-0.4, -0.2) is 41.5 Å². The molecule has 9 heteroatoms. The molecule has 1 unspecified atom stereocenters. The van der Waals surface area contributed by atoms with Gasteiger partial charge >= 0.3 is 5.97 Å². The average Bonchev–Trinajstić information content (AvgIpc) is 2.75. The van der Waals surface area contributed by atoms with Crippen molar-refractivity contribution in [2.75, 3.05) is 19.1 Å². The van der Waals surface area contributed by atoms with Crippen molar-refractivity contribution in [3.05, 3.63) is 60.6 Å². The molecule has 0 radical (unpaired) electrons. The zero-order chi connectivity index (χ0) is 20.4. The second kappa shape index (κ2) is 10.6. The lowest BCUT2D eigenvalue weighted by molar-refractivity contribution is -0.143. The minimum absolute atomic E-state index is 0.316. The molecule has 9 nitrogen and oxygen atoms in total. The number of pyridine rings is 2. The highest BCUT2D eigenvalue weighted by Crippen LogP contribution is 2.08. The number of nitrogens with one attached hydrogen (secondary N) is 3. The molecule has 0 saturated heterocycles. The van der Waals surface area contributed by atoms with Crippen molar-refractivity contribution in [3.8, 4) is 0 Å². The molecule has 0 spiro atoms. The Morgan fingerprint density at radius 1 is 1.25 bits per heavy atom. The van der Waals surface area contributed by atoms with Crippen molar-refractivity contribution < 1.29 is 14.3 Å². The number of aromatic nitrogens is 2. The van der Waals surface area contributed by atoms with E-state index in [-0.39, 0.29) is 0 Å². The summed E-state index contributed by atoms with van der Waals surface area (Å²) in [4.78, 5) is 32.4. The van der Waals surface area contributed by atoms with Gasteiger partial charge in [-0.25, -0.2) is 15.6 Å². The first-order valence-electron chi connectivity index (χ1n) is 8.69. The number of nitrogen functional groups attached to an aromatic ring is 1. The van der Waals surface area contributed by atoms with Crippen molar-refractivity contribution >= 4 is 23.4 Å².